The molecule has 0 saturated heterocycles. The molecule has 0 aromatic carbocycles. The molecule has 0 fully saturated rings. The van der Waals surface area contributed by atoms with Crippen molar-refractivity contribution < 1.29 is 9.53 Å². The number of likely N-dealkylation sites (N-methyl/N-ethyl adjacent to an activating group) is 1. The standard InChI is InChI=1S/C13H28N2O2/c1-6-12(14-7-2)8-17-9-13(10(3)4)15-11(5)16/h10,12-14H,6-9H2,1-5H3,(H,15,16). The lowest BCUT2D eigenvalue weighted by Gasteiger charge is -2.23. The zero-order valence-corrected chi connectivity index (χ0v) is 11.9. The topological polar surface area (TPSA) is 50.4 Å². The summed E-state index contributed by atoms with van der Waals surface area (Å²) < 4.78 is 5.69. The molecule has 0 aromatic rings. The predicted octanol–water partition coefficient (Wildman–Crippen LogP) is 1.55. The third-order valence-corrected chi connectivity index (χ3v) is 2.80. The van der Waals surface area contributed by atoms with Crippen LogP contribution in [0.15, 0.2) is 0 Å². The first kappa shape index (κ1) is 16.4. The van der Waals surface area contributed by atoms with Crippen molar-refractivity contribution in [2.75, 3.05) is 19.8 Å². The van der Waals surface area contributed by atoms with Crippen LogP contribution in [0.2, 0.25) is 0 Å². The van der Waals surface area contributed by atoms with Gasteiger partial charge in [-0.3, -0.25) is 4.79 Å². The minimum Gasteiger partial charge on any atom is -0.378 e. The number of carbonyl (C=O) groups is 1. The molecule has 0 aliphatic rings. The van der Waals surface area contributed by atoms with E-state index in [-0.39, 0.29) is 11.9 Å². The average Bonchev–Trinajstić information content (AvgIpc) is 2.25. The predicted molar refractivity (Wildman–Crippen MR) is 71.0 cm³/mol. The molecule has 0 rings (SSSR count). The van der Waals surface area contributed by atoms with Gasteiger partial charge in [-0.15, -0.1) is 0 Å². The molecule has 4 heteroatoms. The molecule has 0 spiro atoms. The third-order valence-electron chi connectivity index (χ3n) is 2.80. The molecule has 0 radical (unpaired) electrons. The van der Waals surface area contributed by atoms with Crippen molar-refractivity contribution in [3.63, 3.8) is 0 Å². The number of amides is 1. The molecule has 0 saturated carbocycles. The molecule has 2 unspecified atom stereocenters. The highest BCUT2D eigenvalue weighted by molar-refractivity contribution is 5.73. The zero-order chi connectivity index (χ0) is 13.3. The van der Waals surface area contributed by atoms with Crippen LogP contribution in [0.4, 0.5) is 0 Å². The van der Waals surface area contributed by atoms with Gasteiger partial charge in [0.1, 0.15) is 0 Å². The smallest absolute Gasteiger partial charge is 0.217 e. The Morgan fingerprint density at radius 2 is 1.88 bits per heavy atom. The van der Waals surface area contributed by atoms with Crippen LogP contribution in [-0.4, -0.2) is 37.7 Å². The van der Waals surface area contributed by atoms with Crippen molar-refractivity contribution in [1.29, 1.82) is 0 Å². The van der Waals surface area contributed by atoms with Gasteiger partial charge in [0.25, 0.3) is 0 Å². The van der Waals surface area contributed by atoms with Crippen LogP contribution in [0.3, 0.4) is 0 Å². The second-order valence-electron chi connectivity index (χ2n) is 4.75. The van der Waals surface area contributed by atoms with Crippen LogP contribution in [0.1, 0.15) is 41.0 Å². The van der Waals surface area contributed by atoms with Crippen molar-refractivity contribution >= 4 is 5.91 Å². The second kappa shape index (κ2) is 9.42. The van der Waals surface area contributed by atoms with Gasteiger partial charge in [0.05, 0.1) is 19.3 Å². The Hall–Kier alpha value is -0.610. The van der Waals surface area contributed by atoms with Gasteiger partial charge in [0.15, 0.2) is 0 Å². The summed E-state index contributed by atoms with van der Waals surface area (Å²) in [4.78, 5) is 11.0. The lowest BCUT2D eigenvalue weighted by molar-refractivity contribution is -0.120. The van der Waals surface area contributed by atoms with E-state index in [0.29, 0.717) is 25.2 Å². The van der Waals surface area contributed by atoms with Crippen LogP contribution in [0, 0.1) is 5.92 Å². The van der Waals surface area contributed by atoms with Gasteiger partial charge < -0.3 is 15.4 Å². The Kier molecular flexibility index (Phi) is 9.09. The molecule has 2 N–H and O–H groups in total. The Balaban J connectivity index is 3.91. The highest BCUT2D eigenvalue weighted by Gasteiger charge is 2.15. The van der Waals surface area contributed by atoms with E-state index >= 15 is 0 Å². The van der Waals surface area contributed by atoms with Crippen LogP contribution < -0.4 is 10.6 Å². The molecule has 0 aliphatic carbocycles. The first-order chi connectivity index (χ1) is 8.01. The first-order valence-corrected chi connectivity index (χ1v) is 6.59. The molecule has 2 atom stereocenters. The molecule has 0 heterocycles. The summed E-state index contributed by atoms with van der Waals surface area (Å²) in [6.45, 7) is 12.2. The lowest BCUT2D eigenvalue weighted by Crippen LogP contribution is -2.42. The van der Waals surface area contributed by atoms with Crippen molar-refractivity contribution in [2.45, 2.75) is 53.1 Å². The van der Waals surface area contributed by atoms with Crippen molar-refractivity contribution in [3.05, 3.63) is 0 Å². The number of hydrogen-bond acceptors (Lipinski definition) is 3. The normalized spacial score (nSPS) is 14.7. The number of rotatable bonds is 9. The minimum atomic E-state index is 0.00558. The van der Waals surface area contributed by atoms with E-state index < -0.39 is 0 Å². The largest absolute Gasteiger partial charge is 0.378 e. The minimum absolute atomic E-state index is 0.00558. The molecule has 0 aliphatic heterocycles. The van der Waals surface area contributed by atoms with Gasteiger partial charge in [0, 0.05) is 13.0 Å². The van der Waals surface area contributed by atoms with Gasteiger partial charge in [-0.25, -0.2) is 0 Å². The number of hydrogen-bond donors (Lipinski definition) is 2. The van der Waals surface area contributed by atoms with E-state index in [1.54, 1.807) is 6.92 Å². The fourth-order valence-electron chi connectivity index (χ4n) is 1.61. The van der Waals surface area contributed by atoms with E-state index in [0.717, 1.165) is 13.0 Å². The van der Waals surface area contributed by atoms with Gasteiger partial charge >= 0.3 is 0 Å². The summed E-state index contributed by atoms with van der Waals surface area (Å²) in [5, 5.41) is 6.28. The van der Waals surface area contributed by atoms with E-state index in [9.17, 15) is 4.79 Å². The summed E-state index contributed by atoms with van der Waals surface area (Å²) in [6, 6.07) is 0.511. The Labute approximate surface area is 105 Å². The molecule has 17 heavy (non-hydrogen) atoms. The van der Waals surface area contributed by atoms with Crippen molar-refractivity contribution in [2.24, 2.45) is 5.92 Å². The third kappa shape index (κ3) is 8.16. The molecule has 0 bridgehead atoms. The van der Waals surface area contributed by atoms with Crippen LogP contribution in [0.5, 0.6) is 0 Å². The Bertz CT molecular complexity index is 208. The summed E-state index contributed by atoms with van der Waals surface area (Å²) in [5.74, 6) is 0.393. The van der Waals surface area contributed by atoms with Crippen LogP contribution in [0.25, 0.3) is 0 Å². The van der Waals surface area contributed by atoms with E-state index in [1.807, 2.05) is 0 Å². The molecular formula is C13H28N2O2. The zero-order valence-electron chi connectivity index (χ0n) is 11.9. The summed E-state index contributed by atoms with van der Waals surface area (Å²) >= 11 is 0. The second-order valence-corrected chi connectivity index (χ2v) is 4.75. The summed E-state index contributed by atoms with van der Waals surface area (Å²) in [6.07, 6.45) is 1.06. The fourth-order valence-corrected chi connectivity index (χ4v) is 1.61. The van der Waals surface area contributed by atoms with Gasteiger partial charge in [-0.1, -0.05) is 27.7 Å². The lowest BCUT2D eigenvalue weighted by atomic mass is 10.1. The quantitative estimate of drug-likeness (QED) is 0.647. The monoisotopic (exact) mass is 244 g/mol. The summed E-state index contributed by atoms with van der Waals surface area (Å²) in [5.41, 5.74) is 0. The Morgan fingerprint density at radius 1 is 1.24 bits per heavy atom. The molecule has 0 aromatic heterocycles. The van der Waals surface area contributed by atoms with E-state index in [1.165, 1.54) is 0 Å². The maximum atomic E-state index is 11.0. The maximum absolute atomic E-state index is 11.0. The van der Waals surface area contributed by atoms with Crippen molar-refractivity contribution in [1.82, 2.24) is 10.6 Å². The molecular weight excluding hydrogens is 216 g/mol. The average molecular weight is 244 g/mol. The van der Waals surface area contributed by atoms with Gasteiger partial charge in [-0.2, -0.15) is 0 Å². The number of carbonyl (C=O) groups excluding carboxylic acids is 1. The van der Waals surface area contributed by atoms with Crippen LogP contribution in [-0.2, 0) is 9.53 Å². The molecule has 4 nitrogen and oxygen atoms in total. The summed E-state index contributed by atoms with van der Waals surface area (Å²) in [7, 11) is 0. The highest BCUT2D eigenvalue weighted by Crippen LogP contribution is 2.03. The molecule has 102 valence electrons. The number of ether oxygens (including phenoxy) is 1. The van der Waals surface area contributed by atoms with Crippen LogP contribution >= 0.6 is 0 Å². The van der Waals surface area contributed by atoms with E-state index in [2.05, 4.69) is 38.3 Å². The van der Waals surface area contributed by atoms with Crippen molar-refractivity contribution in [3.8, 4) is 0 Å². The SMILES string of the molecule is CCNC(CC)COCC(NC(C)=O)C(C)C. The number of nitrogens with one attached hydrogen (secondary N) is 2. The maximum Gasteiger partial charge on any atom is 0.217 e. The van der Waals surface area contributed by atoms with E-state index in [4.69, 9.17) is 4.74 Å². The fraction of sp³-hybridized carbons (Fsp3) is 0.923. The van der Waals surface area contributed by atoms with Gasteiger partial charge in [-0.05, 0) is 18.9 Å². The highest BCUT2D eigenvalue weighted by atomic mass is 16.5. The molecule has 1 amide bonds. The Morgan fingerprint density at radius 3 is 2.29 bits per heavy atom. The first-order valence-electron chi connectivity index (χ1n) is 6.59. The van der Waals surface area contributed by atoms with Gasteiger partial charge in [0.2, 0.25) is 5.91 Å².